The Hall–Kier alpha value is -3.16. The normalized spacial score (nSPS) is 17.9. The maximum absolute atomic E-state index is 13.9. The van der Waals surface area contributed by atoms with Crippen molar-refractivity contribution in [2.45, 2.75) is 58.7 Å². The number of benzene rings is 1. The number of aryl methyl sites for hydroxylation is 1. The van der Waals surface area contributed by atoms with Gasteiger partial charge in [-0.3, -0.25) is 4.79 Å². The van der Waals surface area contributed by atoms with Crippen LogP contribution in [0.3, 0.4) is 0 Å². The van der Waals surface area contributed by atoms with E-state index >= 15 is 0 Å². The number of hydrogen-bond donors (Lipinski definition) is 1. The molecule has 0 spiro atoms. The van der Waals surface area contributed by atoms with Gasteiger partial charge in [-0.05, 0) is 69.4 Å². The summed E-state index contributed by atoms with van der Waals surface area (Å²) >= 11 is 0. The number of amides is 1. The van der Waals surface area contributed by atoms with Crippen LogP contribution in [0.15, 0.2) is 30.3 Å². The van der Waals surface area contributed by atoms with Gasteiger partial charge in [0.1, 0.15) is 18.2 Å². The van der Waals surface area contributed by atoms with E-state index in [0.717, 1.165) is 19.3 Å². The number of aliphatic carboxylic acids is 1. The minimum absolute atomic E-state index is 0.0718. The Kier molecular flexibility index (Phi) is 8.25. The largest absolute Gasteiger partial charge is 0.489 e. The lowest BCUT2D eigenvalue weighted by Gasteiger charge is -2.27. The summed E-state index contributed by atoms with van der Waals surface area (Å²) in [6, 6.07) is 7.89. The summed E-state index contributed by atoms with van der Waals surface area (Å²) in [6.07, 6.45) is 2.97. The fourth-order valence-corrected chi connectivity index (χ4v) is 4.09. The van der Waals surface area contributed by atoms with Crippen LogP contribution in [-0.4, -0.2) is 46.7 Å². The monoisotopic (exact) mass is 458 g/mol. The number of carbonyl (C=O) groups excluding carboxylic acids is 1. The van der Waals surface area contributed by atoms with Crippen LogP contribution in [0.25, 0.3) is 11.3 Å². The summed E-state index contributed by atoms with van der Waals surface area (Å²) in [4.78, 5) is 29.6. The zero-order chi connectivity index (χ0) is 24.0. The van der Waals surface area contributed by atoms with Crippen molar-refractivity contribution in [2.24, 2.45) is 5.92 Å². The van der Waals surface area contributed by atoms with E-state index in [1.807, 2.05) is 13.8 Å². The number of carbonyl (C=O) groups is 2. The van der Waals surface area contributed by atoms with E-state index in [0.29, 0.717) is 47.7 Å². The Labute approximate surface area is 193 Å². The zero-order valence-corrected chi connectivity index (χ0v) is 19.3. The van der Waals surface area contributed by atoms with Gasteiger partial charge < -0.3 is 19.5 Å². The third-order valence-electron chi connectivity index (χ3n) is 5.87. The molecule has 3 rings (SSSR count). The topological polar surface area (TPSA) is 89.0 Å². The summed E-state index contributed by atoms with van der Waals surface area (Å²) in [5.74, 6) is -0.976. The molecule has 0 unspecified atom stereocenters. The van der Waals surface area contributed by atoms with Crippen molar-refractivity contribution < 1.29 is 28.6 Å². The second-order valence-corrected chi connectivity index (χ2v) is 8.50. The van der Waals surface area contributed by atoms with E-state index in [-0.39, 0.29) is 18.6 Å². The molecule has 33 heavy (non-hydrogen) atoms. The first kappa shape index (κ1) is 24.5. The van der Waals surface area contributed by atoms with E-state index in [9.17, 15) is 19.1 Å². The van der Waals surface area contributed by atoms with Crippen LogP contribution in [0, 0.1) is 18.7 Å². The van der Waals surface area contributed by atoms with Crippen molar-refractivity contribution >= 4 is 12.1 Å². The third-order valence-corrected chi connectivity index (χ3v) is 5.87. The number of nitrogens with zero attached hydrogens (tertiary/aromatic N) is 2. The number of rotatable bonds is 8. The summed E-state index contributed by atoms with van der Waals surface area (Å²) in [5, 5.41) is 9.29. The molecule has 1 aromatic carbocycles. The third kappa shape index (κ3) is 6.43. The Morgan fingerprint density at radius 2 is 2.03 bits per heavy atom. The number of carboxylic acids is 1. The lowest BCUT2D eigenvalue weighted by atomic mass is 9.87. The number of carboxylic acid groups (broad SMARTS) is 1. The molecule has 1 heterocycles. The number of aromatic nitrogens is 1. The highest BCUT2D eigenvalue weighted by Gasteiger charge is 2.28. The molecule has 2 atom stereocenters. The van der Waals surface area contributed by atoms with Crippen LogP contribution in [0.5, 0.6) is 5.75 Å². The van der Waals surface area contributed by atoms with Gasteiger partial charge in [0.05, 0.1) is 23.4 Å². The number of ether oxygens (including phenoxy) is 2. The average molecular weight is 459 g/mol. The molecule has 0 saturated heterocycles. The van der Waals surface area contributed by atoms with E-state index in [2.05, 4.69) is 4.98 Å². The quantitative estimate of drug-likeness (QED) is 0.585. The predicted molar refractivity (Wildman–Crippen MR) is 121 cm³/mol. The molecular formula is C25H31FN2O5. The summed E-state index contributed by atoms with van der Waals surface area (Å²) < 4.78 is 25.4. The van der Waals surface area contributed by atoms with Gasteiger partial charge >= 0.3 is 12.1 Å². The molecule has 178 valence electrons. The average Bonchev–Trinajstić information content (AvgIpc) is 2.79. The second kappa shape index (κ2) is 11.1. The van der Waals surface area contributed by atoms with Gasteiger partial charge in [-0.25, -0.2) is 14.2 Å². The highest BCUT2D eigenvalue weighted by molar-refractivity contribution is 5.70. The van der Waals surface area contributed by atoms with Gasteiger partial charge in [-0.15, -0.1) is 0 Å². The first-order valence-electron chi connectivity index (χ1n) is 11.3. The van der Waals surface area contributed by atoms with Crippen LogP contribution in [0.1, 0.15) is 50.3 Å². The van der Waals surface area contributed by atoms with Crippen LogP contribution in [0.4, 0.5) is 9.18 Å². The maximum atomic E-state index is 13.9. The zero-order valence-electron chi connectivity index (χ0n) is 19.3. The molecule has 0 aliphatic heterocycles. The highest BCUT2D eigenvalue weighted by atomic mass is 19.1. The molecule has 1 amide bonds. The van der Waals surface area contributed by atoms with Crippen molar-refractivity contribution in [3.63, 3.8) is 0 Å². The van der Waals surface area contributed by atoms with Gasteiger partial charge in [-0.1, -0.05) is 6.92 Å². The van der Waals surface area contributed by atoms with Crippen LogP contribution < -0.4 is 4.74 Å². The predicted octanol–water partition coefficient (Wildman–Crippen LogP) is 5.20. The second-order valence-electron chi connectivity index (χ2n) is 8.50. The van der Waals surface area contributed by atoms with Gasteiger partial charge in [0.25, 0.3) is 0 Å². The summed E-state index contributed by atoms with van der Waals surface area (Å²) in [7, 11) is 1.66. The van der Waals surface area contributed by atoms with Crippen molar-refractivity contribution in [3.8, 4) is 17.0 Å². The van der Waals surface area contributed by atoms with E-state index in [1.165, 1.54) is 17.0 Å². The molecular weight excluding hydrogens is 427 g/mol. The molecule has 2 aromatic rings. The van der Waals surface area contributed by atoms with Crippen molar-refractivity contribution in [1.29, 1.82) is 0 Å². The van der Waals surface area contributed by atoms with Crippen LogP contribution in [-0.2, 0) is 16.1 Å². The molecule has 0 radical (unpaired) electrons. The Morgan fingerprint density at radius 1 is 1.24 bits per heavy atom. The maximum Gasteiger partial charge on any atom is 0.409 e. The van der Waals surface area contributed by atoms with E-state index in [1.54, 1.807) is 25.2 Å². The first-order chi connectivity index (χ1) is 15.8. The van der Waals surface area contributed by atoms with Crippen molar-refractivity contribution in [3.05, 3.63) is 47.4 Å². The lowest BCUT2D eigenvalue weighted by Crippen LogP contribution is -2.29. The minimum Gasteiger partial charge on any atom is -0.489 e. The SMILES string of the molecule is CCCN(C)C(=O)OCc1cc(F)ccc1-c1ccc(O[C@H]2CCC[C@H](C(=O)O)C2)c(C)n1. The van der Waals surface area contributed by atoms with Gasteiger partial charge in [-0.2, -0.15) is 0 Å². The fraction of sp³-hybridized carbons (Fsp3) is 0.480. The summed E-state index contributed by atoms with van der Waals surface area (Å²) in [6.45, 7) is 4.29. The lowest BCUT2D eigenvalue weighted by molar-refractivity contribution is -0.143. The fourth-order valence-electron chi connectivity index (χ4n) is 4.09. The molecule has 1 fully saturated rings. The highest BCUT2D eigenvalue weighted by Crippen LogP contribution is 2.31. The van der Waals surface area contributed by atoms with Gasteiger partial charge in [0.2, 0.25) is 0 Å². The van der Waals surface area contributed by atoms with Crippen molar-refractivity contribution in [2.75, 3.05) is 13.6 Å². The standard InChI is InChI=1S/C25H31FN2O5/c1-4-12-28(3)25(31)32-15-18-13-19(26)8-9-21(18)22-10-11-23(16(2)27-22)33-20-7-5-6-17(14-20)24(29)30/h8-11,13,17,20H,4-7,12,14-15H2,1-3H3,(H,29,30)/t17-,20-/m0/s1. The molecule has 1 N–H and O–H groups in total. The number of pyridine rings is 1. The van der Waals surface area contributed by atoms with Crippen molar-refractivity contribution in [1.82, 2.24) is 9.88 Å². The molecule has 1 aromatic heterocycles. The number of hydrogen-bond acceptors (Lipinski definition) is 5. The van der Waals surface area contributed by atoms with Crippen LogP contribution in [0.2, 0.25) is 0 Å². The molecule has 0 bridgehead atoms. The smallest absolute Gasteiger partial charge is 0.409 e. The minimum atomic E-state index is -0.779. The molecule has 1 aliphatic carbocycles. The van der Waals surface area contributed by atoms with E-state index in [4.69, 9.17) is 9.47 Å². The molecule has 8 heteroatoms. The molecule has 1 aliphatic rings. The van der Waals surface area contributed by atoms with Crippen LogP contribution >= 0.6 is 0 Å². The Morgan fingerprint density at radius 3 is 2.73 bits per heavy atom. The van der Waals surface area contributed by atoms with Gasteiger partial charge in [0, 0.05) is 24.7 Å². The Balaban J connectivity index is 1.75. The molecule has 1 saturated carbocycles. The summed E-state index contributed by atoms with van der Waals surface area (Å²) in [5.41, 5.74) is 2.45. The first-order valence-corrected chi connectivity index (χ1v) is 11.3. The Bertz CT molecular complexity index is 997. The number of halogens is 1. The van der Waals surface area contributed by atoms with Gasteiger partial charge in [0.15, 0.2) is 0 Å². The van der Waals surface area contributed by atoms with E-state index < -0.39 is 17.9 Å². The molecule has 7 nitrogen and oxygen atoms in total.